The number of carbonyl (C=O) groups is 1. The van der Waals surface area contributed by atoms with Gasteiger partial charge in [0, 0.05) is 18.8 Å². The zero-order valence-corrected chi connectivity index (χ0v) is 12.8. The Morgan fingerprint density at radius 1 is 1.43 bits per heavy atom. The smallest absolute Gasteiger partial charge is 0.256 e. The Balaban J connectivity index is 1.75. The van der Waals surface area contributed by atoms with Crippen molar-refractivity contribution in [2.24, 2.45) is 0 Å². The van der Waals surface area contributed by atoms with Gasteiger partial charge in [0.1, 0.15) is 5.82 Å². The van der Waals surface area contributed by atoms with E-state index in [9.17, 15) is 4.79 Å². The number of ether oxygens (including phenoxy) is 1. The zero-order valence-electron chi connectivity index (χ0n) is 12.8. The van der Waals surface area contributed by atoms with Crippen molar-refractivity contribution in [3.05, 3.63) is 23.9 Å². The first kappa shape index (κ1) is 14.3. The summed E-state index contributed by atoms with van der Waals surface area (Å²) in [7, 11) is 0. The molecule has 3 rings (SSSR count). The van der Waals surface area contributed by atoms with Crippen LogP contribution in [-0.4, -0.2) is 47.1 Å². The van der Waals surface area contributed by atoms with Gasteiger partial charge in [0.25, 0.3) is 5.91 Å². The third-order valence-electron chi connectivity index (χ3n) is 4.38. The molecule has 1 N–H and O–H groups in total. The lowest BCUT2D eigenvalue weighted by Crippen LogP contribution is -2.62. The number of nitrogens with one attached hydrogen (secondary N) is 1. The monoisotopic (exact) mass is 289 g/mol. The number of amides is 1. The van der Waals surface area contributed by atoms with Gasteiger partial charge in [0.05, 0.1) is 24.3 Å². The van der Waals surface area contributed by atoms with Gasteiger partial charge in [0.15, 0.2) is 0 Å². The summed E-state index contributed by atoms with van der Waals surface area (Å²) in [6, 6.07) is 4.07. The number of pyridine rings is 1. The molecule has 0 unspecified atom stereocenters. The average Bonchev–Trinajstić information content (AvgIpc) is 2.45. The summed E-state index contributed by atoms with van der Waals surface area (Å²) in [5, 5.41) is 3.23. The molecule has 0 bridgehead atoms. The Hall–Kier alpha value is -1.62. The van der Waals surface area contributed by atoms with Crippen LogP contribution in [0.25, 0.3) is 0 Å². The molecule has 1 aromatic rings. The van der Waals surface area contributed by atoms with Gasteiger partial charge in [-0.15, -0.1) is 0 Å². The van der Waals surface area contributed by atoms with E-state index in [0.29, 0.717) is 31.4 Å². The molecule has 5 nitrogen and oxygen atoms in total. The van der Waals surface area contributed by atoms with E-state index in [4.69, 9.17) is 4.74 Å². The normalized spacial score (nSPS) is 20.4. The molecule has 1 aliphatic carbocycles. The summed E-state index contributed by atoms with van der Waals surface area (Å²) in [4.78, 5) is 19.1. The number of anilines is 1. The van der Waals surface area contributed by atoms with Crippen molar-refractivity contribution < 1.29 is 9.53 Å². The molecular formula is C16H23N3O2. The third kappa shape index (κ3) is 2.75. The SMILES string of the molecule is CC(C)Nc1ccc(C(=O)N2CCOCC23CCC3)cn1. The predicted molar refractivity (Wildman–Crippen MR) is 81.4 cm³/mol. The van der Waals surface area contributed by atoms with Crippen LogP contribution >= 0.6 is 0 Å². The number of rotatable bonds is 3. The lowest BCUT2D eigenvalue weighted by Gasteiger charge is -2.52. The number of hydrogen-bond donors (Lipinski definition) is 1. The van der Waals surface area contributed by atoms with E-state index in [2.05, 4.69) is 24.1 Å². The Bertz CT molecular complexity index is 509. The Morgan fingerprint density at radius 2 is 2.24 bits per heavy atom. The molecule has 0 aromatic carbocycles. The molecule has 1 aliphatic heterocycles. The molecule has 2 heterocycles. The molecule has 0 atom stereocenters. The minimum absolute atomic E-state index is 0.0514. The first-order chi connectivity index (χ1) is 10.1. The topological polar surface area (TPSA) is 54.5 Å². The Morgan fingerprint density at radius 3 is 2.81 bits per heavy atom. The van der Waals surface area contributed by atoms with E-state index in [-0.39, 0.29) is 11.4 Å². The molecule has 1 saturated carbocycles. The highest BCUT2D eigenvalue weighted by Gasteiger charge is 2.47. The fourth-order valence-corrected chi connectivity index (χ4v) is 3.11. The van der Waals surface area contributed by atoms with Gasteiger partial charge in [-0.25, -0.2) is 4.98 Å². The second-order valence-electron chi connectivity index (χ2n) is 6.32. The highest BCUT2D eigenvalue weighted by atomic mass is 16.5. The summed E-state index contributed by atoms with van der Waals surface area (Å²) in [6.07, 6.45) is 4.97. The van der Waals surface area contributed by atoms with Gasteiger partial charge in [-0.05, 0) is 45.2 Å². The highest BCUT2D eigenvalue weighted by Crippen LogP contribution is 2.40. The van der Waals surface area contributed by atoms with Gasteiger partial charge in [-0.3, -0.25) is 4.79 Å². The minimum atomic E-state index is -0.0514. The van der Waals surface area contributed by atoms with Crippen molar-refractivity contribution in [2.45, 2.75) is 44.7 Å². The zero-order chi connectivity index (χ0) is 14.9. The van der Waals surface area contributed by atoms with Gasteiger partial charge in [-0.1, -0.05) is 0 Å². The quantitative estimate of drug-likeness (QED) is 0.927. The molecule has 0 radical (unpaired) electrons. The van der Waals surface area contributed by atoms with Gasteiger partial charge in [-0.2, -0.15) is 0 Å². The molecule has 114 valence electrons. The maximum Gasteiger partial charge on any atom is 0.256 e. The lowest BCUT2D eigenvalue weighted by atomic mass is 9.75. The van der Waals surface area contributed by atoms with E-state index < -0.39 is 0 Å². The van der Waals surface area contributed by atoms with Gasteiger partial charge in [0.2, 0.25) is 0 Å². The summed E-state index contributed by atoms with van der Waals surface area (Å²) < 4.78 is 5.59. The van der Waals surface area contributed by atoms with Crippen molar-refractivity contribution in [3.8, 4) is 0 Å². The largest absolute Gasteiger partial charge is 0.377 e. The summed E-state index contributed by atoms with van der Waals surface area (Å²) in [6.45, 7) is 6.13. The first-order valence-electron chi connectivity index (χ1n) is 7.73. The van der Waals surface area contributed by atoms with Crippen LogP contribution in [0.5, 0.6) is 0 Å². The molecule has 1 aromatic heterocycles. The van der Waals surface area contributed by atoms with E-state index in [1.54, 1.807) is 6.20 Å². The molecule has 1 spiro atoms. The van der Waals surface area contributed by atoms with Gasteiger partial charge >= 0.3 is 0 Å². The van der Waals surface area contributed by atoms with Crippen molar-refractivity contribution in [1.82, 2.24) is 9.88 Å². The van der Waals surface area contributed by atoms with Crippen molar-refractivity contribution >= 4 is 11.7 Å². The lowest BCUT2D eigenvalue weighted by molar-refractivity contribution is -0.0877. The number of carbonyl (C=O) groups excluding carboxylic acids is 1. The summed E-state index contributed by atoms with van der Waals surface area (Å²) >= 11 is 0. The number of morpholine rings is 1. The van der Waals surface area contributed by atoms with E-state index >= 15 is 0 Å². The Labute approximate surface area is 125 Å². The van der Waals surface area contributed by atoms with Gasteiger partial charge < -0.3 is 15.0 Å². The van der Waals surface area contributed by atoms with Crippen LogP contribution in [0.1, 0.15) is 43.5 Å². The molecule has 5 heteroatoms. The number of hydrogen-bond acceptors (Lipinski definition) is 4. The van der Waals surface area contributed by atoms with E-state index in [1.165, 1.54) is 6.42 Å². The van der Waals surface area contributed by atoms with Crippen LogP contribution in [0.3, 0.4) is 0 Å². The Kier molecular flexibility index (Phi) is 3.85. The summed E-state index contributed by atoms with van der Waals surface area (Å²) in [5.41, 5.74) is 0.613. The standard InChI is InChI=1S/C16H23N3O2/c1-12(2)18-14-5-4-13(10-17-14)15(20)19-8-9-21-11-16(19)6-3-7-16/h4-5,10,12H,3,6-9,11H2,1-2H3,(H,17,18). The molecule has 2 aliphatic rings. The molecule has 2 fully saturated rings. The fraction of sp³-hybridized carbons (Fsp3) is 0.625. The van der Waals surface area contributed by atoms with Crippen molar-refractivity contribution in [2.75, 3.05) is 25.1 Å². The maximum absolute atomic E-state index is 12.8. The van der Waals surface area contributed by atoms with Crippen LogP contribution in [0.2, 0.25) is 0 Å². The third-order valence-corrected chi connectivity index (χ3v) is 4.38. The molecule has 1 saturated heterocycles. The predicted octanol–water partition coefficient (Wildman–Crippen LogP) is 2.30. The van der Waals surface area contributed by atoms with Crippen LogP contribution in [0.4, 0.5) is 5.82 Å². The molecule has 21 heavy (non-hydrogen) atoms. The number of aromatic nitrogens is 1. The van der Waals surface area contributed by atoms with E-state index in [0.717, 1.165) is 18.7 Å². The highest BCUT2D eigenvalue weighted by molar-refractivity contribution is 5.94. The molecular weight excluding hydrogens is 266 g/mol. The maximum atomic E-state index is 12.8. The number of nitrogens with zero attached hydrogens (tertiary/aromatic N) is 2. The summed E-state index contributed by atoms with van der Waals surface area (Å²) in [5.74, 6) is 0.892. The van der Waals surface area contributed by atoms with Crippen molar-refractivity contribution in [3.63, 3.8) is 0 Å². The second-order valence-corrected chi connectivity index (χ2v) is 6.32. The van der Waals surface area contributed by atoms with Crippen LogP contribution < -0.4 is 5.32 Å². The first-order valence-corrected chi connectivity index (χ1v) is 7.73. The average molecular weight is 289 g/mol. The van der Waals surface area contributed by atoms with Crippen LogP contribution in [0, 0.1) is 0 Å². The van der Waals surface area contributed by atoms with Crippen LogP contribution in [0.15, 0.2) is 18.3 Å². The van der Waals surface area contributed by atoms with E-state index in [1.807, 2.05) is 17.0 Å². The minimum Gasteiger partial charge on any atom is -0.377 e. The van der Waals surface area contributed by atoms with Crippen molar-refractivity contribution in [1.29, 1.82) is 0 Å². The second kappa shape index (κ2) is 5.64. The van der Waals surface area contributed by atoms with Crippen LogP contribution in [-0.2, 0) is 4.74 Å². The molecule has 1 amide bonds. The fourth-order valence-electron chi connectivity index (χ4n) is 3.11.